The van der Waals surface area contributed by atoms with Crippen LogP contribution in [0.5, 0.6) is 0 Å². The molecule has 1 atom stereocenters. The molecule has 4 aliphatic rings. The van der Waals surface area contributed by atoms with Crippen LogP contribution in [0.25, 0.3) is 0 Å². The second-order valence-electron chi connectivity index (χ2n) is 7.58. The largest absolute Gasteiger partial charge is 0.385 e. The van der Waals surface area contributed by atoms with Crippen LogP contribution in [-0.2, 0) is 9.59 Å². The lowest BCUT2D eigenvalue weighted by Gasteiger charge is -2.70. The molecule has 1 unspecified atom stereocenters. The maximum atomic E-state index is 13.8. The third kappa shape index (κ3) is 2.51. The molecule has 1 aromatic rings. The van der Waals surface area contributed by atoms with Gasteiger partial charge in [-0.2, -0.15) is 0 Å². The van der Waals surface area contributed by atoms with Gasteiger partial charge in [0.25, 0.3) is 5.91 Å². The van der Waals surface area contributed by atoms with Crippen LogP contribution in [0.1, 0.15) is 36.0 Å². The summed E-state index contributed by atoms with van der Waals surface area (Å²) in [6, 6.07) is 4.38. The van der Waals surface area contributed by atoms with Crippen LogP contribution >= 0.6 is 0 Å². The molecule has 1 heterocycles. The van der Waals surface area contributed by atoms with Gasteiger partial charge in [0.15, 0.2) is 0 Å². The zero-order valence-corrected chi connectivity index (χ0v) is 14.4. The lowest BCUT2D eigenvalue weighted by molar-refractivity contribution is -0.145. The second kappa shape index (κ2) is 5.69. The summed E-state index contributed by atoms with van der Waals surface area (Å²) in [6.07, 6.45) is 2.43. The summed E-state index contributed by atoms with van der Waals surface area (Å²) in [5.74, 6) is -1.87. The van der Waals surface area contributed by atoms with Crippen molar-refractivity contribution in [2.45, 2.75) is 36.8 Å². The predicted molar refractivity (Wildman–Crippen MR) is 92.0 cm³/mol. The molecule has 3 saturated carbocycles. The van der Waals surface area contributed by atoms with Crippen molar-refractivity contribution in [1.29, 1.82) is 0 Å². The van der Waals surface area contributed by atoms with Gasteiger partial charge in [-0.25, -0.2) is 4.39 Å². The van der Waals surface area contributed by atoms with Crippen LogP contribution in [0.4, 0.5) is 10.1 Å². The number of hydrogen-bond donors (Lipinski definition) is 4. The highest BCUT2D eigenvalue weighted by molar-refractivity contribution is 6.02. The van der Waals surface area contributed by atoms with Gasteiger partial charge in [0.1, 0.15) is 11.7 Å². The van der Waals surface area contributed by atoms with E-state index < -0.39 is 11.7 Å². The number of anilines is 1. The Kier molecular flexibility index (Phi) is 3.68. The summed E-state index contributed by atoms with van der Waals surface area (Å²) < 4.78 is 13.8. The Morgan fingerprint density at radius 2 is 1.88 bits per heavy atom. The average molecular weight is 360 g/mol. The van der Waals surface area contributed by atoms with Crippen LogP contribution in [0, 0.1) is 11.7 Å². The van der Waals surface area contributed by atoms with Crippen molar-refractivity contribution < 1.29 is 18.8 Å². The smallest absolute Gasteiger partial charge is 0.253 e. The molecule has 5 rings (SSSR count). The molecule has 1 aromatic carbocycles. The summed E-state index contributed by atoms with van der Waals surface area (Å²) in [5.41, 5.74) is -0.231. The Morgan fingerprint density at radius 3 is 2.50 bits per heavy atom. The first-order valence-corrected chi connectivity index (χ1v) is 8.76. The Bertz CT molecular complexity index is 790. The molecule has 4 fully saturated rings. The molecule has 0 aromatic heterocycles. The maximum absolute atomic E-state index is 13.8. The van der Waals surface area contributed by atoms with E-state index in [4.69, 9.17) is 0 Å². The third-order valence-electron chi connectivity index (χ3n) is 5.67. The fourth-order valence-corrected chi connectivity index (χ4v) is 4.52. The van der Waals surface area contributed by atoms with E-state index in [0.717, 1.165) is 0 Å². The summed E-state index contributed by atoms with van der Waals surface area (Å²) >= 11 is 0. The first-order chi connectivity index (χ1) is 12.4. The zero-order valence-electron chi connectivity index (χ0n) is 14.4. The van der Waals surface area contributed by atoms with Gasteiger partial charge < -0.3 is 21.3 Å². The van der Waals surface area contributed by atoms with E-state index in [2.05, 4.69) is 21.3 Å². The minimum atomic E-state index is -0.611. The van der Waals surface area contributed by atoms with E-state index in [0.29, 0.717) is 32.2 Å². The Labute approximate surface area is 150 Å². The maximum Gasteiger partial charge on any atom is 0.253 e. The number of halogens is 1. The summed E-state index contributed by atoms with van der Waals surface area (Å²) in [5, 5.41) is 11.3. The van der Waals surface area contributed by atoms with Crippen molar-refractivity contribution in [3.63, 3.8) is 0 Å². The Morgan fingerprint density at radius 1 is 1.19 bits per heavy atom. The zero-order chi connectivity index (χ0) is 18.5. The van der Waals surface area contributed by atoms with Gasteiger partial charge in [0, 0.05) is 24.7 Å². The molecule has 26 heavy (non-hydrogen) atoms. The molecule has 3 aliphatic carbocycles. The third-order valence-corrected chi connectivity index (χ3v) is 5.67. The summed E-state index contributed by atoms with van der Waals surface area (Å²) in [4.78, 5) is 36.4. The quantitative estimate of drug-likeness (QED) is 0.576. The molecule has 3 amide bonds. The lowest BCUT2D eigenvalue weighted by Crippen LogP contribution is -2.84. The number of benzene rings is 1. The van der Waals surface area contributed by atoms with Crippen molar-refractivity contribution in [2.24, 2.45) is 5.92 Å². The highest BCUT2D eigenvalue weighted by atomic mass is 19.1. The number of nitrogens with one attached hydrogen (secondary N) is 4. The number of amides is 3. The number of para-hydroxylation sites is 1. The van der Waals surface area contributed by atoms with Crippen molar-refractivity contribution in [3.8, 4) is 0 Å². The molecule has 1 aliphatic heterocycles. The van der Waals surface area contributed by atoms with Gasteiger partial charge in [-0.05, 0) is 37.8 Å². The van der Waals surface area contributed by atoms with Crippen LogP contribution < -0.4 is 21.3 Å². The summed E-state index contributed by atoms with van der Waals surface area (Å²) in [6.45, 7) is 0.533. The number of hydrogen-bond acceptors (Lipinski definition) is 4. The van der Waals surface area contributed by atoms with Crippen molar-refractivity contribution in [3.05, 3.63) is 29.6 Å². The number of carbonyl (C=O) groups is 3. The van der Waals surface area contributed by atoms with E-state index in [1.807, 2.05) is 0 Å². The van der Waals surface area contributed by atoms with E-state index in [9.17, 15) is 18.8 Å². The standard InChI is InChI=1S/C18H21FN4O3/c1-20-13-10(3-2-4-12(13)19)15(25)22-17-7-18(8-17,9-17)23-16(26)11-5-6-21-14(11)24/h2-4,11,20H,5-9H2,1H3,(H,21,24)(H,22,25)(H,23,26). The van der Waals surface area contributed by atoms with Crippen LogP contribution in [-0.4, -0.2) is 42.4 Å². The van der Waals surface area contributed by atoms with Gasteiger partial charge in [-0.15, -0.1) is 0 Å². The first-order valence-electron chi connectivity index (χ1n) is 8.76. The van der Waals surface area contributed by atoms with Crippen molar-refractivity contribution in [1.82, 2.24) is 16.0 Å². The Hall–Kier alpha value is -2.64. The number of rotatable bonds is 5. The predicted octanol–water partition coefficient (Wildman–Crippen LogP) is 0.525. The van der Waals surface area contributed by atoms with Gasteiger partial charge in [0.2, 0.25) is 11.8 Å². The second-order valence-corrected chi connectivity index (χ2v) is 7.58. The van der Waals surface area contributed by atoms with Crippen LogP contribution in [0.15, 0.2) is 18.2 Å². The molecule has 0 radical (unpaired) electrons. The highest BCUT2D eigenvalue weighted by Crippen LogP contribution is 2.60. The highest BCUT2D eigenvalue weighted by Gasteiger charge is 2.69. The van der Waals surface area contributed by atoms with Crippen LogP contribution in [0.2, 0.25) is 0 Å². The van der Waals surface area contributed by atoms with Crippen molar-refractivity contribution in [2.75, 3.05) is 18.9 Å². The molecule has 1 saturated heterocycles. The summed E-state index contributed by atoms with van der Waals surface area (Å²) in [7, 11) is 1.57. The molecule has 4 N–H and O–H groups in total. The van der Waals surface area contributed by atoms with E-state index in [1.165, 1.54) is 12.1 Å². The van der Waals surface area contributed by atoms with E-state index in [-0.39, 0.29) is 40.1 Å². The molecule has 8 heteroatoms. The minimum absolute atomic E-state index is 0.173. The Balaban J connectivity index is 1.36. The fourth-order valence-electron chi connectivity index (χ4n) is 4.52. The van der Waals surface area contributed by atoms with Gasteiger partial charge in [-0.1, -0.05) is 6.07 Å². The lowest BCUT2D eigenvalue weighted by atomic mass is 9.44. The molecule has 7 nitrogen and oxygen atoms in total. The fraction of sp³-hybridized carbons (Fsp3) is 0.500. The molecule has 0 spiro atoms. The molecule has 138 valence electrons. The van der Waals surface area contributed by atoms with Gasteiger partial charge in [0.05, 0.1) is 11.3 Å². The molecule has 2 bridgehead atoms. The van der Waals surface area contributed by atoms with E-state index in [1.54, 1.807) is 13.1 Å². The van der Waals surface area contributed by atoms with Crippen LogP contribution in [0.3, 0.4) is 0 Å². The topological polar surface area (TPSA) is 99.3 Å². The molecular formula is C18H21FN4O3. The van der Waals surface area contributed by atoms with E-state index >= 15 is 0 Å². The van der Waals surface area contributed by atoms with Crippen molar-refractivity contribution >= 4 is 23.4 Å². The first kappa shape index (κ1) is 16.8. The number of carbonyl (C=O) groups excluding carboxylic acids is 3. The van der Waals surface area contributed by atoms with Gasteiger partial charge in [-0.3, -0.25) is 14.4 Å². The minimum Gasteiger partial charge on any atom is -0.385 e. The monoisotopic (exact) mass is 360 g/mol. The van der Waals surface area contributed by atoms with Gasteiger partial charge >= 0.3 is 0 Å². The SMILES string of the molecule is CNc1c(F)cccc1C(=O)NC12CC(NC(=O)C3CCNC3=O)(C1)C2. The normalized spacial score (nSPS) is 31.3. The average Bonchev–Trinajstić information content (AvgIpc) is 2.97. The molecular weight excluding hydrogens is 339 g/mol.